The van der Waals surface area contributed by atoms with Crippen molar-refractivity contribution in [3.05, 3.63) is 35.0 Å². The third-order valence-electron chi connectivity index (χ3n) is 3.81. The quantitative estimate of drug-likeness (QED) is 0.154. The number of nitrogens with two attached hydrogens (primary N) is 1. The number of amides is 2. The van der Waals surface area contributed by atoms with E-state index in [4.69, 9.17) is 10.9 Å². The van der Waals surface area contributed by atoms with Gasteiger partial charge in [-0.2, -0.15) is 0 Å². The van der Waals surface area contributed by atoms with Crippen LogP contribution in [0.5, 0.6) is 0 Å². The molecule has 13 heteroatoms. The Kier molecular flexibility index (Phi) is 7.24. The Bertz CT molecular complexity index is 883. The molecule has 3 rings (SSSR count). The number of aliphatic carboxylic acids is 1. The summed E-state index contributed by atoms with van der Waals surface area (Å²) in [6, 6.07) is -0.944. The molecule has 0 unspecified atom stereocenters. The van der Waals surface area contributed by atoms with Gasteiger partial charge in [-0.1, -0.05) is 17.8 Å². The van der Waals surface area contributed by atoms with Crippen molar-refractivity contribution in [3.8, 4) is 0 Å². The van der Waals surface area contributed by atoms with E-state index in [1.54, 1.807) is 0 Å². The number of thioether (sulfide) groups is 1. The van der Waals surface area contributed by atoms with Gasteiger partial charge in [-0.05, 0) is 5.57 Å². The number of carbonyl (C=O) groups is 3. The summed E-state index contributed by atoms with van der Waals surface area (Å²) in [4.78, 5) is 41.2. The number of hydrogen-bond acceptors (Lipinski definition) is 9. The number of thiazole rings is 1. The van der Waals surface area contributed by atoms with Crippen molar-refractivity contribution < 1.29 is 24.7 Å². The number of β-lactam (4-membered cyclic amide) rings is 1. The number of fused-ring (bicyclic) bond motifs is 1. The van der Waals surface area contributed by atoms with E-state index in [1.165, 1.54) is 23.2 Å². The predicted molar refractivity (Wildman–Crippen MR) is 102 cm³/mol. The van der Waals surface area contributed by atoms with Crippen LogP contribution in [0.1, 0.15) is 5.69 Å². The molecule has 0 radical (unpaired) electrons. The van der Waals surface area contributed by atoms with Crippen molar-refractivity contribution in [1.82, 2.24) is 15.2 Å². The zero-order valence-electron chi connectivity index (χ0n) is 13.1. The van der Waals surface area contributed by atoms with E-state index in [1.807, 2.05) is 0 Å². The molecule has 1 aromatic heterocycles. The molecule has 138 valence electrons. The second-order valence-electron chi connectivity index (χ2n) is 5.26. The Morgan fingerprint density at radius 3 is 2.74 bits per heavy atom. The molecule has 0 spiro atoms. The number of anilines is 1. The summed E-state index contributed by atoms with van der Waals surface area (Å²) in [5, 5.41) is 24.9. The first kappa shape index (κ1) is 22.1. The monoisotopic (exact) mass is 435 g/mol. The standard InChI is InChI=1S/C14H13N5O5S2.K.H/c1-2-5-3-25-12-8(11(21)19(12)9(5)13(22)23)17-10(20)7(18-24)6-4-26-14(15)16-6;;/h2,4,8,12,24H,1,3H2,(H2,15,16)(H,17,20)(H,22,23);;/t8-,12-;;/m1../s1. The first-order chi connectivity index (χ1) is 12.4. The Morgan fingerprint density at radius 2 is 2.22 bits per heavy atom. The molecule has 2 amide bonds. The van der Waals surface area contributed by atoms with E-state index in [-0.39, 0.29) is 73.6 Å². The summed E-state index contributed by atoms with van der Waals surface area (Å²) in [6.07, 6.45) is 1.40. The van der Waals surface area contributed by atoms with Crippen LogP contribution in [-0.2, 0) is 14.4 Å². The van der Waals surface area contributed by atoms with Gasteiger partial charge in [0.05, 0.1) is 0 Å². The van der Waals surface area contributed by atoms with Gasteiger partial charge < -0.3 is 21.4 Å². The van der Waals surface area contributed by atoms with E-state index in [2.05, 4.69) is 22.0 Å². The topological polar surface area (TPSA) is 158 Å². The van der Waals surface area contributed by atoms with Crippen molar-refractivity contribution >= 4 is 103 Å². The normalized spacial score (nSPS) is 21.7. The number of rotatable bonds is 5. The maximum absolute atomic E-state index is 12.4. The first-order valence-electron chi connectivity index (χ1n) is 7.16. The second-order valence-corrected chi connectivity index (χ2v) is 7.26. The molecule has 1 fully saturated rings. The molecule has 0 aromatic carbocycles. The number of oxime groups is 1. The van der Waals surface area contributed by atoms with Gasteiger partial charge in [-0.15, -0.1) is 23.1 Å². The van der Waals surface area contributed by atoms with Crippen LogP contribution in [-0.4, -0.2) is 112 Å². The van der Waals surface area contributed by atoms with Gasteiger partial charge in [0.2, 0.25) is 0 Å². The number of carboxylic acids is 1. The summed E-state index contributed by atoms with van der Waals surface area (Å²) >= 11 is 2.37. The summed E-state index contributed by atoms with van der Waals surface area (Å²) in [6.45, 7) is 3.56. The molecule has 5 N–H and O–H groups in total. The Balaban J connectivity index is 0.00000261. The number of nitrogens with zero attached hydrogens (tertiary/aromatic N) is 3. The van der Waals surface area contributed by atoms with Crippen molar-refractivity contribution in [2.45, 2.75) is 11.4 Å². The van der Waals surface area contributed by atoms with Crippen molar-refractivity contribution in [2.75, 3.05) is 11.5 Å². The van der Waals surface area contributed by atoms with E-state index in [0.29, 0.717) is 11.3 Å². The zero-order valence-corrected chi connectivity index (χ0v) is 14.7. The van der Waals surface area contributed by atoms with Crippen molar-refractivity contribution in [2.24, 2.45) is 5.16 Å². The van der Waals surface area contributed by atoms with Crippen LogP contribution in [0.2, 0.25) is 0 Å². The molecular weight excluding hydrogens is 421 g/mol. The Labute approximate surface area is 204 Å². The maximum atomic E-state index is 12.4. The third kappa shape index (κ3) is 3.99. The third-order valence-corrected chi connectivity index (χ3v) is 5.79. The second kappa shape index (κ2) is 8.85. The summed E-state index contributed by atoms with van der Waals surface area (Å²) in [5.41, 5.74) is 5.49. The van der Waals surface area contributed by atoms with E-state index in [0.717, 1.165) is 16.2 Å². The SMILES string of the molecule is C=CC1=C(C(=O)O)N2C(=O)[C@@H](NC(=O)C(=NO)c3csc(N)n3)[C@H]2SC1.[KH]. The fraction of sp³-hybridized carbons (Fsp3) is 0.214. The summed E-state index contributed by atoms with van der Waals surface area (Å²) < 4.78 is 0. The number of aromatic nitrogens is 1. The van der Waals surface area contributed by atoms with Crippen LogP contribution in [0.15, 0.2) is 34.5 Å². The minimum absolute atomic E-state index is 0. The molecular formula is C14H14KN5O5S2. The molecule has 2 atom stereocenters. The zero-order chi connectivity index (χ0) is 19.0. The van der Waals surface area contributed by atoms with Crippen LogP contribution in [0.25, 0.3) is 0 Å². The van der Waals surface area contributed by atoms with Gasteiger partial charge in [0.15, 0.2) is 10.8 Å². The van der Waals surface area contributed by atoms with E-state index < -0.39 is 29.2 Å². The molecule has 0 bridgehead atoms. The van der Waals surface area contributed by atoms with Crippen LogP contribution >= 0.6 is 23.1 Å². The Morgan fingerprint density at radius 1 is 1.52 bits per heavy atom. The average Bonchev–Trinajstić information content (AvgIpc) is 3.04. The Hall–Kier alpha value is -1.22. The number of carboxylic acid groups (broad SMARTS) is 1. The van der Waals surface area contributed by atoms with Crippen LogP contribution in [0, 0.1) is 0 Å². The molecule has 0 aliphatic carbocycles. The number of allylic oxidation sites excluding steroid dienone is 1. The van der Waals surface area contributed by atoms with Crippen molar-refractivity contribution in [1.29, 1.82) is 0 Å². The first-order valence-corrected chi connectivity index (χ1v) is 9.09. The van der Waals surface area contributed by atoms with Gasteiger partial charge in [0.25, 0.3) is 11.8 Å². The molecule has 0 saturated carbocycles. The van der Waals surface area contributed by atoms with Crippen LogP contribution < -0.4 is 11.1 Å². The number of nitrogen functional groups attached to an aromatic ring is 1. The fourth-order valence-electron chi connectivity index (χ4n) is 2.62. The number of hydrogen-bond donors (Lipinski definition) is 4. The molecule has 10 nitrogen and oxygen atoms in total. The predicted octanol–water partition coefficient (Wildman–Crippen LogP) is -0.820. The van der Waals surface area contributed by atoms with Crippen LogP contribution in [0.3, 0.4) is 0 Å². The molecule has 2 aliphatic rings. The van der Waals surface area contributed by atoms with Gasteiger partial charge >= 0.3 is 57.4 Å². The average molecular weight is 436 g/mol. The number of carbonyl (C=O) groups excluding carboxylic acids is 2. The van der Waals surface area contributed by atoms with Gasteiger partial charge in [0, 0.05) is 11.1 Å². The fourth-order valence-corrected chi connectivity index (χ4v) is 4.51. The van der Waals surface area contributed by atoms with Gasteiger partial charge in [-0.3, -0.25) is 14.5 Å². The van der Waals surface area contributed by atoms with E-state index in [9.17, 15) is 19.5 Å². The molecule has 3 heterocycles. The molecule has 2 aliphatic heterocycles. The number of nitrogens with one attached hydrogen (secondary N) is 1. The van der Waals surface area contributed by atoms with E-state index >= 15 is 0 Å². The summed E-state index contributed by atoms with van der Waals surface area (Å²) in [5.74, 6) is -2.27. The van der Waals surface area contributed by atoms with Crippen LogP contribution in [0.4, 0.5) is 5.13 Å². The molecule has 27 heavy (non-hydrogen) atoms. The summed E-state index contributed by atoms with van der Waals surface area (Å²) in [7, 11) is 0. The van der Waals surface area contributed by atoms with Crippen molar-refractivity contribution in [3.63, 3.8) is 0 Å². The molecule has 1 aromatic rings. The van der Waals surface area contributed by atoms with Gasteiger partial charge in [-0.25, -0.2) is 9.78 Å². The molecule has 1 saturated heterocycles. The van der Waals surface area contributed by atoms with Gasteiger partial charge in [0.1, 0.15) is 22.8 Å². The minimum atomic E-state index is -1.24.